The molecule has 1 aliphatic rings. The van der Waals surface area contributed by atoms with Crippen LogP contribution in [-0.4, -0.2) is 31.5 Å². The van der Waals surface area contributed by atoms with Crippen molar-refractivity contribution in [2.45, 2.75) is 19.4 Å². The maximum absolute atomic E-state index is 12.7. The molecule has 1 heterocycles. The highest BCUT2D eigenvalue weighted by atomic mass is 79.9. The number of hydrogen-bond acceptors (Lipinski definition) is 3. The van der Waals surface area contributed by atoms with Gasteiger partial charge in [-0.1, -0.05) is 28.1 Å². The van der Waals surface area contributed by atoms with Crippen LogP contribution in [0.3, 0.4) is 0 Å². The first-order valence-corrected chi connectivity index (χ1v) is 8.58. The monoisotopic (exact) mass is 363 g/mol. The number of nitrogens with zero attached hydrogens (tertiary/aromatic N) is 1. The number of hydrogen-bond donors (Lipinski definition) is 0. The van der Waals surface area contributed by atoms with Crippen LogP contribution >= 0.6 is 15.9 Å². The SMILES string of the molecule is C[C@@H](c1ccc(Br)cc1)N1CC(CS(=O)(=O)F)CC1=O. The molecular weight excluding hydrogens is 349 g/mol. The minimum atomic E-state index is -4.54. The number of amides is 1. The number of rotatable bonds is 4. The van der Waals surface area contributed by atoms with Gasteiger partial charge in [-0.2, -0.15) is 8.42 Å². The van der Waals surface area contributed by atoms with Gasteiger partial charge in [0.25, 0.3) is 0 Å². The van der Waals surface area contributed by atoms with Gasteiger partial charge in [0.1, 0.15) is 0 Å². The highest BCUT2D eigenvalue weighted by molar-refractivity contribution is 9.10. The van der Waals surface area contributed by atoms with Crippen molar-refractivity contribution < 1.29 is 17.1 Å². The summed E-state index contributed by atoms with van der Waals surface area (Å²) in [5.41, 5.74) is 0.963. The van der Waals surface area contributed by atoms with Crippen LogP contribution in [0.1, 0.15) is 24.9 Å². The van der Waals surface area contributed by atoms with Crippen LogP contribution in [0.4, 0.5) is 3.89 Å². The molecular formula is C13H15BrFNO3S. The molecule has 0 radical (unpaired) electrons. The maximum Gasteiger partial charge on any atom is 0.302 e. The topological polar surface area (TPSA) is 54.5 Å². The van der Waals surface area contributed by atoms with Crippen molar-refractivity contribution in [3.63, 3.8) is 0 Å². The molecule has 1 aliphatic heterocycles. The van der Waals surface area contributed by atoms with Crippen LogP contribution < -0.4 is 0 Å². The molecule has 1 aromatic rings. The van der Waals surface area contributed by atoms with Crippen LogP contribution in [0.2, 0.25) is 0 Å². The molecule has 0 bridgehead atoms. The Morgan fingerprint density at radius 3 is 2.55 bits per heavy atom. The molecule has 1 fully saturated rings. The minimum Gasteiger partial charge on any atom is -0.336 e. The Hall–Kier alpha value is -0.950. The molecule has 1 unspecified atom stereocenters. The number of likely N-dealkylation sites (tertiary alicyclic amines) is 1. The normalized spacial score (nSPS) is 21.2. The summed E-state index contributed by atoms with van der Waals surface area (Å²) in [5, 5.41) is 0. The molecule has 7 heteroatoms. The summed E-state index contributed by atoms with van der Waals surface area (Å²) < 4.78 is 35.0. The smallest absolute Gasteiger partial charge is 0.302 e. The predicted molar refractivity (Wildman–Crippen MR) is 77.3 cm³/mol. The number of carbonyl (C=O) groups is 1. The first kappa shape index (κ1) is 15.4. The Balaban J connectivity index is 2.09. The first-order chi connectivity index (χ1) is 9.26. The summed E-state index contributed by atoms with van der Waals surface area (Å²) in [6, 6.07) is 7.43. The Morgan fingerprint density at radius 1 is 1.40 bits per heavy atom. The summed E-state index contributed by atoms with van der Waals surface area (Å²) in [5.74, 6) is -1.17. The van der Waals surface area contributed by atoms with Crippen molar-refractivity contribution in [2.24, 2.45) is 5.92 Å². The highest BCUT2D eigenvalue weighted by Gasteiger charge is 2.35. The second-order valence-electron chi connectivity index (χ2n) is 5.05. The lowest BCUT2D eigenvalue weighted by atomic mass is 10.1. The van der Waals surface area contributed by atoms with Gasteiger partial charge >= 0.3 is 10.2 Å². The molecule has 0 saturated carbocycles. The van der Waals surface area contributed by atoms with Crippen molar-refractivity contribution in [3.05, 3.63) is 34.3 Å². The van der Waals surface area contributed by atoms with Crippen LogP contribution in [0.5, 0.6) is 0 Å². The van der Waals surface area contributed by atoms with E-state index in [1.165, 1.54) is 0 Å². The lowest BCUT2D eigenvalue weighted by molar-refractivity contribution is -0.129. The van der Waals surface area contributed by atoms with E-state index in [2.05, 4.69) is 15.9 Å². The summed E-state index contributed by atoms with van der Waals surface area (Å²) in [6.45, 7) is 2.16. The molecule has 0 spiro atoms. The van der Waals surface area contributed by atoms with E-state index in [4.69, 9.17) is 0 Å². The zero-order valence-corrected chi connectivity index (χ0v) is 13.3. The van der Waals surface area contributed by atoms with Crippen LogP contribution in [-0.2, 0) is 15.0 Å². The lowest BCUT2D eigenvalue weighted by Crippen LogP contribution is -2.29. The van der Waals surface area contributed by atoms with E-state index >= 15 is 0 Å². The highest BCUT2D eigenvalue weighted by Crippen LogP contribution is 2.29. The Bertz CT molecular complexity index is 603. The molecule has 20 heavy (non-hydrogen) atoms. The molecule has 0 N–H and O–H groups in total. The number of benzene rings is 1. The zero-order valence-electron chi connectivity index (χ0n) is 10.9. The summed E-state index contributed by atoms with van der Waals surface area (Å²) in [7, 11) is -4.54. The van der Waals surface area contributed by atoms with Crippen LogP contribution in [0.15, 0.2) is 28.7 Å². The Kier molecular flexibility index (Phi) is 4.49. The van der Waals surface area contributed by atoms with Crippen molar-refractivity contribution in [1.82, 2.24) is 4.90 Å². The molecule has 1 aromatic carbocycles. The molecule has 0 aromatic heterocycles. The van der Waals surface area contributed by atoms with E-state index in [-0.39, 0.29) is 24.9 Å². The Morgan fingerprint density at radius 2 is 2.00 bits per heavy atom. The summed E-state index contributed by atoms with van der Waals surface area (Å²) in [6.07, 6.45) is 0.0873. The van der Waals surface area contributed by atoms with Crippen molar-refractivity contribution >= 4 is 32.1 Å². The molecule has 1 saturated heterocycles. The quantitative estimate of drug-likeness (QED) is 0.772. The van der Waals surface area contributed by atoms with Gasteiger partial charge in [-0.05, 0) is 24.6 Å². The van der Waals surface area contributed by atoms with Crippen molar-refractivity contribution in [1.29, 1.82) is 0 Å². The number of halogens is 2. The van der Waals surface area contributed by atoms with Gasteiger partial charge in [0.15, 0.2) is 0 Å². The fourth-order valence-corrected chi connectivity index (χ4v) is 3.55. The van der Waals surface area contributed by atoms with E-state index in [1.54, 1.807) is 4.90 Å². The zero-order chi connectivity index (χ0) is 14.9. The second kappa shape index (κ2) is 5.81. The van der Waals surface area contributed by atoms with Gasteiger partial charge in [0, 0.05) is 23.4 Å². The van der Waals surface area contributed by atoms with Gasteiger partial charge in [-0.3, -0.25) is 4.79 Å². The van der Waals surface area contributed by atoms with Gasteiger partial charge in [0.2, 0.25) is 5.91 Å². The first-order valence-electron chi connectivity index (χ1n) is 6.23. The third-order valence-corrected chi connectivity index (χ3v) is 4.89. The standard InChI is InChI=1S/C13H15BrFNO3S/c1-9(11-2-4-12(14)5-3-11)16-7-10(6-13(16)17)8-20(15,18)19/h2-5,9-10H,6-8H2,1H3/t9-,10?/m0/s1. The minimum absolute atomic E-state index is 0.0873. The molecule has 1 amide bonds. The molecule has 2 atom stereocenters. The van der Waals surface area contributed by atoms with Gasteiger partial charge in [0.05, 0.1) is 11.8 Å². The average Bonchev–Trinajstić information content (AvgIpc) is 2.67. The molecule has 4 nitrogen and oxygen atoms in total. The van der Waals surface area contributed by atoms with E-state index in [9.17, 15) is 17.1 Å². The largest absolute Gasteiger partial charge is 0.336 e. The molecule has 110 valence electrons. The molecule has 0 aliphatic carbocycles. The predicted octanol–water partition coefficient (Wildman–Crippen LogP) is 2.66. The van der Waals surface area contributed by atoms with Crippen molar-refractivity contribution in [2.75, 3.05) is 12.3 Å². The van der Waals surface area contributed by atoms with E-state index < -0.39 is 21.9 Å². The maximum atomic E-state index is 12.7. The molecule has 2 rings (SSSR count). The third kappa shape index (κ3) is 3.79. The van der Waals surface area contributed by atoms with Gasteiger partial charge < -0.3 is 4.90 Å². The third-order valence-electron chi connectivity index (χ3n) is 3.49. The van der Waals surface area contributed by atoms with Gasteiger partial charge in [-0.15, -0.1) is 3.89 Å². The van der Waals surface area contributed by atoms with E-state index in [0.717, 1.165) is 10.0 Å². The second-order valence-corrected chi connectivity index (χ2v) is 7.38. The Labute approximate surface area is 126 Å². The van der Waals surface area contributed by atoms with E-state index in [0.29, 0.717) is 0 Å². The average molecular weight is 364 g/mol. The van der Waals surface area contributed by atoms with E-state index in [1.807, 2.05) is 31.2 Å². The van der Waals surface area contributed by atoms with Crippen molar-refractivity contribution in [3.8, 4) is 0 Å². The summed E-state index contributed by atoms with van der Waals surface area (Å²) >= 11 is 3.34. The number of carbonyl (C=O) groups excluding carboxylic acids is 1. The fraction of sp³-hybridized carbons (Fsp3) is 0.462. The lowest BCUT2D eigenvalue weighted by Gasteiger charge is -2.25. The van der Waals surface area contributed by atoms with Gasteiger partial charge in [-0.25, -0.2) is 0 Å². The van der Waals surface area contributed by atoms with Crippen LogP contribution in [0.25, 0.3) is 0 Å². The van der Waals surface area contributed by atoms with Crippen LogP contribution in [0, 0.1) is 5.92 Å². The summed E-state index contributed by atoms with van der Waals surface area (Å²) in [4.78, 5) is 13.6. The fourth-order valence-electron chi connectivity index (χ4n) is 2.50.